The van der Waals surface area contributed by atoms with E-state index < -0.39 is 65.4 Å². The fraction of sp³-hybridized carbons (Fsp3) is 0.136. The molecule has 0 aliphatic rings. The van der Waals surface area contributed by atoms with Gasteiger partial charge >= 0.3 is 5.97 Å². The molecular weight excluding hydrogens is 803 g/mol. The number of benzene rings is 5. The molecule has 0 aliphatic carbocycles. The number of nitrogens with zero attached hydrogens (tertiary/aromatic N) is 1. The van der Waals surface area contributed by atoms with Gasteiger partial charge in [0, 0.05) is 40.9 Å². The molecule has 0 radical (unpaired) electrons. The minimum Gasteiger partial charge on any atom is -0.504 e. The fourth-order valence-electron chi connectivity index (χ4n) is 5.75. The number of primary amides is 1. The highest BCUT2D eigenvalue weighted by Gasteiger charge is 2.34. The summed E-state index contributed by atoms with van der Waals surface area (Å²) in [4.78, 5) is 89.3. The highest BCUT2D eigenvalue weighted by Crippen LogP contribution is 2.39. The van der Waals surface area contributed by atoms with Crippen molar-refractivity contribution in [2.75, 3.05) is 28.4 Å². The number of rotatable bonds is 16. The summed E-state index contributed by atoms with van der Waals surface area (Å²) >= 11 is 0. The Bertz CT molecular complexity index is 2550. The number of nitrogens with one attached hydrogen (secondary N) is 5. The van der Waals surface area contributed by atoms with Crippen LogP contribution in [0.3, 0.4) is 0 Å². The lowest BCUT2D eigenvalue weighted by atomic mass is 10.1. The third-order valence-electron chi connectivity index (χ3n) is 8.87. The van der Waals surface area contributed by atoms with Crippen LogP contribution in [0.4, 0.5) is 22.7 Å². The van der Waals surface area contributed by atoms with Gasteiger partial charge in [-0.1, -0.05) is 0 Å². The normalized spacial score (nSPS) is 11.5. The summed E-state index contributed by atoms with van der Waals surface area (Å²) in [6.07, 6.45) is -2.10. The van der Waals surface area contributed by atoms with Gasteiger partial charge in [0.25, 0.3) is 23.6 Å². The number of phenolic OH excluding ortho intramolecular Hbond substituents is 1. The minimum absolute atomic E-state index is 0.0154. The van der Waals surface area contributed by atoms with E-state index in [0.29, 0.717) is 16.8 Å². The number of hydrogen-bond acceptors (Lipinski definition) is 11. The molecule has 2 atom stereocenters. The highest BCUT2D eigenvalue weighted by molar-refractivity contribution is 6.10. The Morgan fingerprint density at radius 3 is 1.58 bits per heavy atom. The van der Waals surface area contributed by atoms with Crippen molar-refractivity contribution < 1.29 is 53.2 Å². The van der Waals surface area contributed by atoms with Crippen molar-refractivity contribution in [3.8, 4) is 17.6 Å². The number of carbonyl (C=O) groups excluding carboxylic acids is 6. The lowest BCUT2D eigenvalue weighted by Gasteiger charge is -2.24. The van der Waals surface area contributed by atoms with Gasteiger partial charge in [0.05, 0.1) is 34.6 Å². The van der Waals surface area contributed by atoms with E-state index in [1.807, 2.05) is 6.07 Å². The van der Waals surface area contributed by atoms with E-state index in [1.165, 1.54) is 109 Å². The molecule has 0 bridgehead atoms. The lowest BCUT2D eigenvalue weighted by molar-refractivity contribution is -0.134. The number of ether oxygens (including phenoxy) is 2. The second kappa shape index (κ2) is 19.9. The second-order valence-electron chi connectivity index (χ2n) is 13.6. The van der Waals surface area contributed by atoms with Gasteiger partial charge in [-0.3, -0.25) is 28.8 Å². The van der Waals surface area contributed by atoms with Crippen LogP contribution >= 0.6 is 0 Å². The number of carboxylic acids is 1. The fourth-order valence-corrected chi connectivity index (χ4v) is 5.75. The molecule has 5 aromatic rings. The lowest BCUT2D eigenvalue weighted by Crippen LogP contribution is -2.56. The van der Waals surface area contributed by atoms with E-state index in [1.54, 1.807) is 13.8 Å². The summed E-state index contributed by atoms with van der Waals surface area (Å²) in [6.45, 7) is 3.34. The van der Waals surface area contributed by atoms with Crippen LogP contribution in [0.5, 0.6) is 11.5 Å². The summed E-state index contributed by atoms with van der Waals surface area (Å²) in [5, 5.41) is 42.1. The number of aromatic carboxylic acids is 1. The molecule has 0 aromatic heterocycles. The van der Waals surface area contributed by atoms with Gasteiger partial charge in [0.15, 0.2) is 17.6 Å². The molecule has 0 fully saturated rings. The SMILES string of the molecule is CO[C@@H](C(N)=O)[C@H](NC(=O)c1ccc(NC(=O)c2ccc(C#N)cc2)cc1)C(=O)Nc1ccc(C(=O)Nc2ccc(C(=O)Nc3ccc(C(=O)O)cc3)c(O)c2OC(C)C)cc1. The van der Waals surface area contributed by atoms with Crippen molar-refractivity contribution in [2.45, 2.75) is 32.1 Å². The van der Waals surface area contributed by atoms with Crippen LogP contribution < -0.4 is 37.1 Å². The van der Waals surface area contributed by atoms with Crippen LogP contribution in [-0.2, 0) is 14.3 Å². The molecule has 316 valence electrons. The van der Waals surface area contributed by atoms with Crippen LogP contribution in [0.25, 0.3) is 0 Å². The number of nitrogens with two attached hydrogens (primary N) is 1. The Morgan fingerprint density at radius 1 is 0.629 bits per heavy atom. The van der Waals surface area contributed by atoms with Crippen molar-refractivity contribution in [1.82, 2.24) is 5.32 Å². The Balaban J connectivity index is 1.25. The first-order valence-corrected chi connectivity index (χ1v) is 18.5. The highest BCUT2D eigenvalue weighted by atomic mass is 16.5. The van der Waals surface area contributed by atoms with Crippen LogP contribution in [0, 0.1) is 11.3 Å². The zero-order valence-corrected chi connectivity index (χ0v) is 33.2. The molecule has 0 saturated heterocycles. The van der Waals surface area contributed by atoms with Crippen LogP contribution in [0.15, 0.2) is 109 Å². The predicted octanol–water partition coefficient (Wildman–Crippen LogP) is 4.74. The third-order valence-corrected chi connectivity index (χ3v) is 8.87. The molecule has 9 N–H and O–H groups in total. The number of anilines is 4. The van der Waals surface area contributed by atoms with E-state index in [0.717, 1.165) is 7.11 Å². The molecule has 18 heteroatoms. The first-order valence-electron chi connectivity index (χ1n) is 18.5. The molecule has 6 amide bonds. The van der Waals surface area contributed by atoms with E-state index >= 15 is 0 Å². The van der Waals surface area contributed by atoms with E-state index in [4.69, 9.17) is 25.6 Å². The number of hydrogen-bond donors (Lipinski definition) is 8. The van der Waals surface area contributed by atoms with Crippen molar-refractivity contribution in [1.29, 1.82) is 5.26 Å². The number of carboxylic acid groups (broad SMARTS) is 1. The van der Waals surface area contributed by atoms with Crippen molar-refractivity contribution in [2.24, 2.45) is 5.73 Å². The van der Waals surface area contributed by atoms with Gasteiger partial charge in [0.1, 0.15) is 6.04 Å². The molecule has 0 heterocycles. The van der Waals surface area contributed by atoms with Gasteiger partial charge in [-0.05, 0) is 123 Å². The molecule has 0 saturated carbocycles. The second-order valence-corrected chi connectivity index (χ2v) is 13.6. The maximum Gasteiger partial charge on any atom is 0.335 e. The van der Waals surface area contributed by atoms with Gasteiger partial charge < -0.3 is 52.0 Å². The molecule has 0 unspecified atom stereocenters. The number of carbonyl (C=O) groups is 7. The standard InChI is InChI=1S/C44H39N7O11/c1-23(2)62-36-33(21-20-32(35(36)52)42(57)48-30-18-12-28(13-19-30)44(59)60)50-40(55)26-8-16-31(17-9-26)49-43(58)34(37(61-3)38(46)53)51-41(56)27-10-14-29(15-11-27)47-39(54)25-6-4-24(22-45)5-7-25/h4-21,23,34,37,52H,1-3H3,(H2,46,53)(H,47,54)(H,48,57)(H,49,58)(H,50,55)(H,51,56)(H,59,60)/t34-,37+/m0/s1. The summed E-state index contributed by atoms with van der Waals surface area (Å²) in [5.74, 6) is -6.46. The van der Waals surface area contributed by atoms with Crippen LogP contribution in [-0.4, -0.2) is 77.0 Å². The van der Waals surface area contributed by atoms with Crippen molar-refractivity contribution in [3.63, 3.8) is 0 Å². The maximum absolute atomic E-state index is 13.5. The summed E-state index contributed by atoms with van der Waals surface area (Å²) in [5.41, 5.74) is 6.97. The minimum atomic E-state index is -1.63. The van der Waals surface area contributed by atoms with Gasteiger partial charge in [-0.15, -0.1) is 0 Å². The largest absolute Gasteiger partial charge is 0.504 e. The number of aromatic hydroxyl groups is 1. The smallest absolute Gasteiger partial charge is 0.335 e. The molecule has 5 aromatic carbocycles. The quantitative estimate of drug-likeness (QED) is 0.0669. The molecule has 5 rings (SSSR count). The van der Waals surface area contributed by atoms with Crippen LogP contribution in [0.1, 0.15) is 71.2 Å². The molecule has 0 spiro atoms. The van der Waals surface area contributed by atoms with E-state index in [-0.39, 0.29) is 45.1 Å². The maximum atomic E-state index is 13.5. The molecule has 62 heavy (non-hydrogen) atoms. The van der Waals surface area contributed by atoms with Crippen molar-refractivity contribution in [3.05, 3.63) is 143 Å². The Hall–Kier alpha value is -8.56. The number of phenols is 1. The van der Waals surface area contributed by atoms with Gasteiger partial charge in [-0.2, -0.15) is 5.26 Å². The van der Waals surface area contributed by atoms with Crippen LogP contribution in [0.2, 0.25) is 0 Å². The average Bonchev–Trinajstić information content (AvgIpc) is 3.25. The number of nitriles is 1. The van der Waals surface area contributed by atoms with Gasteiger partial charge in [-0.25, -0.2) is 4.79 Å². The molecular formula is C44H39N7O11. The number of methoxy groups -OCH3 is 1. The first kappa shape index (κ1) is 44.5. The Labute approximate surface area is 353 Å². The number of amides is 6. The van der Waals surface area contributed by atoms with Gasteiger partial charge in [0.2, 0.25) is 11.8 Å². The molecule has 18 nitrogen and oxygen atoms in total. The first-order chi connectivity index (χ1) is 29.6. The third kappa shape index (κ3) is 11.1. The zero-order valence-electron chi connectivity index (χ0n) is 33.2. The average molecular weight is 842 g/mol. The Kier molecular flexibility index (Phi) is 14.3. The zero-order chi connectivity index (χ0) is 45.1. The summed E-state index contributed by atoms with van der Waals surface area (Å²) in [6, 6.07) is 25.5. The predicted molar refractivity (Wildman–Crippen MR) is 225 cm³/mol. The van der Waals surface area contributed by atoms with E-state index in [9.17, 15) is 38.7 Å². The summed E-state index contributed by atoms with van der Waals surface area (Å²) in [7, 11) is 1.13. The monoisotopic (exact) mass is 841 g/mol. The van der Waals surface area contributed by atoms with E-state index in [2.05, 4.69) is 26.6 Å². The van der Waals surface area contributed by atoms with Crippen molar-refractivity contribution >= 4 is 64.2 Å². The molecule has 0 aliphatic heterocycles. The Morgan fingerprint density at radius 2 is 1.10 bits per heavy atom. The summed E-state index contributed by atoms with van der Waals surface area (Å²) < 4.78 is 10.9. The topological polar surface area (TPSA) is 288 Å².